The van der Waals surface area contributed by atoms with Crippen LogP contribution in [0.3, 0.4) is 0 Å². The molecule has 6 rings (SSSR count). The van der Waals surface area contributed by atoms with E-state index in [1.807, 2.05) is 31.2 Å². The zero-order valence-electron chi connectivity index (χ0n) is 21.6. The van der Waals surface area contributed by atoms with E-state index >= 15 is 0 Å². The van der Waals surface area contributed by atoms with E-state index in [4.69, 9.17) is 11.6 Å². The first kappa shape index (κ1) is 26.1. The third-order valence-corrected chi connectivity index (χ3v) is 7.71. The highest BCUT2D eigenvalue weighted by Crippen LogP contribution is 2.29. The molecular weight excluding hydrogens is 540 g/mol. The molecule has 2 N–H and O–H groups in total. The van der Waals surface area contributed by atoms with Crippen molar-refractivity contribution >= 4 is 39.7 Å². The largest absolute Gasteiger partial charge is 0.349 e. The second kappa shape index (κ2) is 10.5. The predicted octanol–water partition coefficient (Wildman–Crippen LogP) is 5.35. The number of nitrogens with zero attached hydrogens (tertiary/aromatic N) is 5. The minimum atomic E-state index is -2.88. The van der Waals surface area contributed by atoms with Gasteiger partial charge in [0, 0.05) is 36.1 Å². The number of H-pyrrole nitrogens is 1. The predicted molar refractivity (Wildman–Crippen MR) is 147 cm³/mol. The molecular formula is C28H26ClF2N7O2. The molecule has 5 heterocycles. The molecule has 0 saturated heterocycles. The number of aryl methyl sites for hydroxylation is 1. The number of aromatic nitrogens is 6. The van der Waals surface area contributed by atoms with Gasteiger partial charge in [0.25, 0.3) is 12.3 Å². The topological polar surface area (TPSA) is 110 Å². The Labute approximate surface area is 232 Å². The maximum Gasteiger partial charge on any atom is 0.335 e. The zero-order valence-corrected chi connectivity index (χ0v) is 22.3. The van der Waals surface area contributed by atoms with Gasteiger partial charge in [0.05, 0.1) is 28.0 Å². The SMILES string of the molecule is Cc1cc2cc(-n3c(=O)n(CC4CCC(NC(=O)c5cc(Cl)cnc5C(F)F)CC4)c4cccnc43)cnc2[nH]1. The van der Waals surface area contributed by atoms with Crippen molar-refractivity contribution in [2.45, 2.75) is 51.6 Å². The Morgan fingerprint density at radius 1 is 1.15 bits per heavy atom. The number of alkyl halides is 2. The van der Waals surface area contributed by atoms with Gasteiger partial charge in [-0.3, -0.25) is 14.3 Å². The lowest BCUT2D eigenvalue weighted by Gasteiger charge is -2.29. The van der Waals surface area contributed by atoms with Crippen molar-refractivity contribution in [3.8, 4) is 5.69 Å². The number of amides is 1. The van der Waals surface area contributed by atoms with Crippen LogP contribution in [0.5, 0.6) is 0 Å². The van der Waals surface area contributed by atoms with Gasteiger partial charge in [0.2, 0.25) is 0 Å². The van der Waals surface area contributed by atoms with Crippen LogP contribution in [0.4, 0.5) is 8.78 Å². The van der Waals surface area contributed by atoms with Gasteiger partial charge in [-0.2, -0.15) is 0 Å². The number of halogens is 3. The van der Waals surface area contributed by atoms with E-state index < -0.39 is 18.0 Å². The molecule has 0 spiro atoms. The summed E-state index contributed by atoms with van der Waals surface area (Å²) in [5.41, 5.74) is 2.70. The lowest BCUT2D eigenvalue weighted by atomic mass is 9.85. The van der Waals surface area contributed by atoms with E-state index in [9.17, 15) is 18.4 Å². The highest BCUT2D eigenvalue weighted by molar-refractivity contribution is 6.30. The van der Waals surface area contributed by atoms with Crippen LogP contribution in [-0.4, -0.2) is 41.0 Å². The van der Waals surface area contributed by atoms with E-state index in [0.717, 1.165) is 41.3 Å². The number of hydrogen-bond donors (Lipinski definition) is 2. The second-order valence-electron chi connectivity index (χ2n) is 10.2. The van der Waals surface area contributed by atoms with Crippen LogP contribution in [0.25, 0.3) is 27.9 Å². The Bertz CT molecular complexity index is 1790. The molecule has 0 bridgehead atoms. The summed E-state index contributed by atoms with van der Waals surface area (Å²) in [7, 11) is 0. The number of carbonyl (C=O) groups is 1. The molecule has 1 saturated carbocycles. The van der Waals surface area contributed by atoms with Crippen LogP contribution in [-0.2, 0) is 6.54 Å². The van der Waals surface area contributed by atoms with Crippen molar-refractivity contribution in [2.75, 3.05) is 0 Å². The number of aromatic amines is 1. The summed E-state index contributed by atoms with van der Waals surface area (Å²) < 4.78 is 30.1. The first-order valence-electron chi connectivity index (χ1n) is 13.0. The number of carbonyl (C=O) groups excluding carboxylic acids is 1. The third kappa shape index (κ3) is 4.85. The van der Waals surface area contributed by atoms with Crippen LogP contribution < -0.4 is 11.0 Å². The standard InChI is InChI=1S/C28H26ClF2N7O2/c1-15-9-17-10-20(13-34-25(17)35-15)38-26-22(3-2-8-32-26)37(28(38)40)14-16-4-6-19(7-5-16)36-27(39)21-11-18(29)12-33-23(21)24(30)31/h2-3,8-13,16,19,24H,4-7,14H2,1H3,(H,34,35)(H,36,39). The number of nitrogens with one attached hydrogen (secondary N) is 2. The number of fused-ring (bicyclic) bond motifs is 2. The van der Waals surface area contributed by atoms with Crippen molar-refractivity contribution < 1.29 is 13.6 Å². The smallest absolute Gasteiger partial charge is 0.335 e. The van der Waals surface area contributed by atoms with E-state index in [0.29, 0.717) is 30.7 Å². The fourth-order valence-electron chi connectivity index (χ4n) is 5.57. The average molecular weight is 566 g/mol. The van der Waals surface area contributed by atoms with Gasteiger partial charge in [-0.15, -0.1) is 0 Å². The minimum absolute atomic E-state index is 0.122. The van der Waals surface area contributed by atoms with Gasteiger partial charge in [-0.05, 0) is 68.9 Å². The van der Waals surface area contributed by atoms with Gasteiger partial charge in [0.15, 0.2) is 5.65 Å². The molecule has 0 aliphatic heterocycles. The lowest BCUT2D eigenvalue weighted by molar-refractivity contribution is 0.0904. The molecule has 0 aromatic carbocycles. The molecule has 9 nitrogen and oxygen atoms in total. The summed E-state index contributed by atoms with van der Waals surface area (Å²) in [4.78, 5) is 42.3. The van der Waals surface area contributed by atoms with Gasteiger partial charge >= 0.3 is 5.69 Å². The Kier molecular flexibility index (Phi) is 6.83. The fraction of sp³-hybridized carbons (Fsp3) is 0.321. The maximum absolute atomic E-state index is 13.7. The van der Waals surface area contributed by atoms with E-state index in [-0.39, 0.29) is 28.2 Å². The summed E-state index contributed by atoms with van der Waals surface area (Å²) in [6.45, 7) is 2.46. The number of imidazole rings is 1. The molecule has 12 heteroatoms. The first-order valence-corrected chi connectivity index (χ1v) is 13.4. The van der Waals surface area contributed by atoms with Gasteiger partial charge in [-0.25, -0.2) is 28.1 Å². The van der Waals surface area contributed by atoms with Crippen molar-refractivity contribution in [3.63, 3.8) is 0 Å². The molecule has 206 valence electrons. The summed E-state index contributed by atoms with van der Waals surface area (Å²) in [5, 5.41) is 3.89. The Morgan fingerprint density at radius 2 is 1.95 bits per heavy atom. The molecule has 1 aliphatic rings. The van der Waals surface area contributed by atoms with E-state index in [1.165, 1.54) is 6.07 Å². The summed E-state index contributed by atoms with van der Waals surface area (Å²) in [5.74, 6) is -0.412. The van der Waals surface area contributed by atoms with Crippen molar-refractivity contribution in [2.24, 2.45) is 5.92 Å². The Morgan fingerprint density at radius 3 is 2.73 bits per heavy atom. The average Bonchev–Trinajstić information content (AvgIpc) is 3.44. The van der Waals surface area contributed by atoms with Crippen molar-refractivity contribution in [3.05, 3.63) is 81.4 Å². The zero-order chi connectivity index (χ0) is 28.0. The molecule has 0 radical (unpaired) electrons. The van der Waals surface area contributed by atoms with Crippen LogP contribution >= 0.6 is 11.6 Å². The molecule has 1 amide bonds. The van der Waals surface area contributed by atoms with Crippen LogP contribution in [0.2, 0.25) is 5.02 Å². The van der Waals surface area contributed by atoms with Gasteiger partial charge in [0.1, 0.15) is 11.3 Å². The lowest BCUT2D eigenvalue weighted by Crippen LogP contribution is -2.39. The van der Waals surface area contributed by atoms with Gasteiger partial charge in [-0.1, -0.05) is 11.6 Å². The monoisotopic (exact) mass is 565 g/mol. The van der Waals surface area contributed by atoms with Crippen molar-refractivity contribution in [1.82, 2.24) is 34.4 Å². The Balaban J connectivity index is 1.19. The summed E-state index contributed by atoms with van der Waals surface area (Å²) in [6, 6.07) is 8.66. The summed E-state index contributed by atoms with van der Waals surface area (Å²) >= 11 is 5.90. The summed E-state index contributed by atoms with van der Waals surface area (Å²) in [6.07, 6.45) is 4.40. The minimum Gasteiger partial charge on any atom is -0.349 e. The number of hydrogen-bond acceptors (Lipinski definition) is 5. The third-order valence-electron chi connectivity index (χ3n) is 7.50. The maximum atomic E-state index is 13.7. The number of pyridine rings is 3. The first-order chi connectivity index (χ1) is 19.3. The fourth-order valence-corrected chi connectivity index (χ4v) is 5.73. The normalized spacial score (nSPS) is 17.6. The van der Waals surface area contributed by atoms with Crippen molar-refractivity contribution in [1.29, 1.82) is 0 Å². The van der Waals surface area contributed by atoms with Crippen LogP contribution in [0.1, 0.15) is 53.9 Å². The quantitative estimate of drug-likeness (QED) is 0.288. The van der Waals surface area contributed by atoms with Gasteiger partial charge < -0.3 is 10.3 Å². The molecule has 0 unspecified atom stereocenters. The van der Waals surface area contributed by atoms with E-state index in [1.54, 1.807) is 21.5 Å². The molecule has 5 aromatic heterocycles. The van der Waals surface area contributed by atoms with Crippen LogP contribution in [0, 0.1) is 12.8 Å². The molecule has 40 heavy (non-hydrogen) atoms. The molecule has 1 fully saturated rings. The molecule has 0 atom stereocenters. The highest BCUT2D eigenvalue weighted by Gasteiger charge is 2.27. The Hall–Kier alpha value is -4.12. The molecule has 1 aliphatic carbocycles. The second-order valence-corrected chi connectivity index (χ2v) is 10.7. The van der Waals surface area contributed by atoms with E-state index in [2.05, 4.69) is 25.3 Å². The van der Waals surface area contributed by atoms with Crippen LogP contribution in [0.15, 0.2) is 53.7 Å². The molecule has 5 aromatic rings. The highest BCUT2D eigenvalue weighted by atomic mass is 35.5. The number of rotatable bonds is 6.